The first kappa shape index (κ1) is 16.2. The molecule has 0 heterocycles. The number of benzene rings is 1. The molecule has 0 aliphatic heterocycles. The zero-order chi connectivity index (χ0) is 14.6. The summed E-state index contributed by atoms with van der Waals surface area (Å²) in [6.45, 7) is 12.3. The van der Waals surface area contributed by atoms with Gasteiger partial charge in [0.2, 0.25) is 0 Å². The second kappa shape index (κ2) is 7.06. The number of rotatable bonds is 6. The highest BCUT2D eigenvalue weighted by Gasteiger charge is 2.19. The topological polar surface area (TPSA) is 15.3 Å². The van der Waals surface area contributed by atoms with Crippen LogP contribution in [0.25, 0.3) is 0 Å². The third kappa shape index (κ3) is 4.32. The van der Waals surface area contributed by atoms with Gasteiger partial charge < -0.3 is 10.2 Å². The van der Waals surface area contributed by atoms with Crippen LogP contribution in [0.2, 0.25) is 0 Å². The molecule has 1 rings (SSSR count). The van der Waals surface area contributed by atoms with E-state index in [1.807, 2.05) is 0 Å². The molecule has 2 atom stereocenters. The van der Waals surface area contributed by atoms with Gasteiger partial charge in [-0.2, -0.15) is 0 Å². The molecule has 0 aromatic heterocycles. The Morgan fingerprint density at radius 3 is 2.32 bits per heavy atom. The van der Waals surface area contributed by atoms with E-state index < -0.39 is 0 Å². The molecular weight excluding hydrogens is 232 g/mol. The quantitative estimate of drug-likeness (QED) is 0.843. The molecule has 0 amide bonds. The van der Waals surface area contributed by atoms with E-state index in [0.717, 1.165) is 6.54 Å². The second-order valence-corrected chi connectivity index (χ2v) is 6.13. The molecule has 0 bridgehead atoms. The first-order chi connectivity index (χ1) is 8.86. The van der Waals surface area contributed by atoms with Crippen LogP contribution in [0.3, 0.4) is 0 Å². The lowest BCUT2D eigenvalue weighted by Gasteiger charge is -2.32. The molecule has 2 nitrogen and oxygen atoms in total. The standard InChI is InChI=1S/C17H30N2/c1-12(2)15(5)19(7)11-17(18-6)16-10-13(3)8-9-14(16)4/h8-10,12,15,17-18H,11H2,1-7H3. The van der Waals surface area contributed by atoms with Gasteiger partial charge in [-0.05, 0) is 51.9 Å². The van der Waals surface area contributed by atoms with Crippen molar-refractivity contribution >= 4 is 0 Å². The molecule has 0 aliphatic carbocycles. The van der Waals surface area contributed by atoms with Crippen LogP contribution in [0.15, 0.2) is 18.2 Å². The predicted octanol–water partition coefficient (Wildman–Crippen LogP) is 3.54. The first-order valence-corrected chi connectivity index (χ1v) is 7.31. The fourth-order valence-corrected chi connectivity index (χ4v) is 2.44. The van der Waals surface area contributed by atoms with Gasteiger partial charge in [-0.3, -0.25) is 0 Å². The van der Waals surface area contributed by atoms with Crippen LogP contribution in [0.4, 0.5) is 0 Å². The number of likely N-dealkylation sites (N-methyl/N-ethyl adjacent to an activating group) is 2. The molecule has 0 fully saturated rings. The largest absolute Gasteiger partial charge is 0.312 e. The molecule has 19 heavy (non-hydrogen) atoms. The van der Waals surface area contributed by atoms with Gasteiger partial charge >= 0.3 is 0 Å². The van der Waals surface area contributed by atoms with E-state index in [0.29, 0.717) is 18.0 Å². The SMILES string of the molecule is CNC(CN(C)C(C)C(C)C)c1cc(C)ccc1C. The summed E-state index contributed by atoms with van der Waals surface area (Å²) in [5.74, 6) is 0.682. The molecule has 0 saturated carbocycles. The Labute approximate surface area is 119 Å². The molecule has 1 N–H and O–H groups in total. The molecule has 0 spiro atoms. The molecule has 1 aromatic rings. The predicted molar refractivity (Wildman–Crippen MR) is 84.6 cm³/mol. The van der Waals surface area contributed by atoms with Crippen molar-refractivity contribution < 1.29 is 0 Å². The fraction of sp³-hybridized carbons (Fsp3) is 0.647. The van der Waals surface area contributed by atoms with Gasteiger partial charge in [-0.15, -0.1) is 0 Å². The van der Waals surface area contributed by atoms with E-state index in [-0.39, 0.29) is 0 Å². The van der Waals surface area contributed by atoms with Gasteiger partial charge in [0.05, 0.1) is 0 Å². The fourth-order valence-electron chi connectivity index (χ4n) is 2.44. The van der Waals surface area contributed by atoms with Crippen LogP contribution in [0.5, 0.6) is 0 Å². The Bertz CT molecular complexity index is 398. The summed E-state index contributed by atoms with van der Waals surface area (Å²) in [6.07, 6.45) is 0. The van der Waals surface area contributed by atoms with Crippen molar-refractivity contribution in [2.75, 3.05) is 20.6 Å². The smallest absolute Gasteiger partial charge is 0.0449 e. The summed E-state index contributed by atoms with van der Waals surface area (Å²) in [6, 6.07) is 7.71. The van der Waals surface area contributed by atoms with Crippen molar-refractivity contribution in [1.29, 1.82) is 0 Å². The Hall–Kier alpha value is -0.860. The monoisotopic (exact) mass is 262 g/mol. The highest BCUT2D eigenvalue weighted by molar-refractivity contribution is 5.33. The molecule has 0 radical (unpaired) electrons. The minimum atomic E-state index is 0.395. The van der Waals surface area contributed by atoms with Gasteiger partial charge in [0.15, 0.2) is 0 Å². The Kier molecular flexibility index (Phi) is 6.02. The lowest BCUT2D eigenvalue weighted by molar-refractivity contribution is 0.190. The molecular formula is C17H30N2. The van der Waals surface area contributed by atoms with Crippen LogP contribution in [-0.4, -0.2) is 31.6 Å². The number of nitrogens with one attached hydrogen (secondary N) is 1. The van der Waals surface area contributed by atoms with Crippen LogP contribution in [0.1, 0.15) is 43.5 Å². The van der Waals surface area contributed by atoms with E-state index in [4.69, 9.17) is 0 Å². The molecule has 2 heteroatoms. The van der Waals surface area contributed by atoms with E-state index in [2.05, 4.69) is 77.1 Å². The lowest BCUT2D eigenvalue weighted by atomic mass is 9.97. The van der Waals surface area contributed by atoms with E-state index in [1.54, 1.807) is 0 Å². The number of hydrogen-bond acceptors (Lipinski definition) is 2. The summed E-state index contributed by atoms with van der Waals surface area (Å²) < 4.78 is 0. The average Bonchev–Trinajstić information content (AvgIpc) is 2.37. The maximum atomic E-state index is 3.47. The van der Waals surface area contributed by atoms with Crippen LogP contribution < -0.4 is 5.32 Å². The molecule has 2 unspecified atom stereocenters. The lowest BCUT2D eigenvalue weighted by Crippen LogP contribution is -2.39. The Morgan fingerprint density at radius 1 is 1.16 bits per heavy atom. The highest BCUT2D eigenvalue weighted by atomic mass is 15.1. The zero-order valence-electron chi connectivity index (χ0n) is 13.6. The number of nitrogens with zero attached hydrogens (tertiary/aromatic N) is 1. The van der Waals surface area contributed by atoms with Gasteiger partial charge in [0.25, 0.3) is 0 Å². The van der Waals surface area contributed by atoms with Gasteiger partial charge in [-0.25, -0.2) is 0 Å². The summed E-state index contributed by atoms with van der Waals surface area (Å²) in [5.41, 5.74) is 4.13. The van der Waals surface area contributed by atoms with Crippen molar-refractivity contribution in [2.24, 2.45) is 5.92 Å². The van der Waals surface area contributed by atoms with Crippen molar-refractivity contribution in [3.05, 3.63) is 34.9 Å². The van der Waals surface area contributed by atoms with Gasteiger partial charge in [0, 0.05) is 18.6 Å². The first-order valence-electron chi connectivity index (χ1n) is 7.31. The maximum absolute atomic E-state index is 3.47. The van der Waals surface area contributed by atoms with E-state index >= 15 is 0 Å². The van der Waals surface area contributed by atoms with Crippen LogP contribution >= 0.6 is 0 Å². The average molecular weight is 262 g/mol. The Morgan fingerprint density at radius 2 is 1.79 bits per heavy atom. The third-order valence-corrected chi connectivity index (χ3v) is 4.29. The Balaban J connectivity index is 2.86. The van der Waals surface area contributed by atoms with Crippen LogP contribution in [-0.2, 0) is 0 Å². The number of aryl methyl sites for hydroxylation is 2. The molecule has 0 saturated heterocycles. The minimum Gasteiger partial charge on any atom is -0.312 e. The maximum Gasteiger partial charge on any atom is 0.0449 e. The zero-order valence-corrected chi connectivity index (χ0v) is 13.6. The van der Waals surface area contributed by atoms with Crippen molar-refractivity contribution in [1.82, 2.24) is 10.2 Å². The molecule has 1 aromatic carbocycles. The van der Waals surface area contributed by atoms with Gasteiger partial charge in [-0.1, -0.05) is 37.6 Å². The van der Waals surface area contributed by atoms with Gasteiger partial charge in [0.1, 0.15) is 0 Å². The molecule has 108 valence electrons. The van der Waals surface area contributed by atoms with Crippen molar-refractivity contribution in [3.8, 4) is 0 Å². The normalized spacial score (nSPS) is 15.0. The number of hydrogen-bond donors (Lipinski definition) is 1. The molecule has 0 aliphatic rings. The summed E-state index contributed by atoms with van der Waals surface area (Å²) in [7, 11) is 4.28. The minimum absolute atomic E-state index is 0.395. The summed E-state index contributed by atoms with van der Waals surface area (Å²) >= 11 is 0. The summed E-state index contributed by atoms with van der Waals surface area (Å²) in [5, 5.41) is 3.47. The van der Waals surface area contributed by atoms with Crippen LogP contribution in [0, 0.1) is 19.8 Å². The summed E-state index contributed by atoms with van der Waals surface area (Å²) in [4.78, 5) is 2.45. The van der Waals surface area contributed by atoms with Crippen molar-refractivity contribution in [3.63, 3.8) is 0 Å². The van der Waals surface area contributed by atoms with Crippen molar-refractivity contribution in [2.45, 2.75) is 46.7 Å². The second-order valence-electron chi connectivity index (χ2n) is 6.13. The highest BCUT2D eigenvalue weighted by Crippen LogP contribution is 2.21. The van der Waals surface area contributed by atoms with E-state index in [1.165, 1.54) is 16.7 Å². The third-order valence-electron chi connectivity index (χ3n) is 4.29. The van der Waals surface area contributed by atoms with E-state index in [9.17, 15) is 0 Å².